The molecule has 0 saturated heterocycles. The summed E-state index contributed by atoms with van der Waals surface area (Å²) in [7, 11) is 1.29. The van der Waals surface area contributed by atoms with Crippen molar-refractivity contribution in [2.24, 2.45) is 0 Å². The molecule has 1 unspecified atom stereocenters. The highest BCUT2D eigenvalue weighted by Gasteiger charge is 2.23. The number of ketones is 1. The number of hydrogen-bond donors (Lipinski definition) is 0. The van der Waals surface area contributed by atoms with Crippen molar-refractivity contribution in [3.8, 4) is 0 Å². The molecule has 0 fully saturated rings. The number of hydrogen-bond acceptors (Lipinski definition) is 4. The summed E-state index contributed by atoms with van der Waals surface area (Å²) in [5.74, 6) is -0.0966. The van der Waals surface area contributed by atoms with Gasteiger partial charge in [-0.15, -0.1) is 0 Å². The highest BCUT2D eigenvalue weighted by molar-refractivity contribution is 5.97. The molecule has 76 valence electrons. The SMILES string of the molecule is COC(=O)C1C=CC(C(C)=O)=C(C)O1. The first kappa shape index (κ1) is 10.5. The van der Waals surface area contributed by atoms with Crippen molar-refractivity contribution in [3.63, 3.8) is 0 Å². The number of ether oxygens (including phenoxy) is 2. The van der Waals surface area contributed by atoms with Gasteiger partial charge in [-0.1, -0.05) is 0 Å². The number of carbonyl (C=O) groups excluding carboxylic acids is 2. The topological polar surface area (TPSA) is 52.6 Å². The van der Waals surface area contributed by atoms with E-state index in [0.717, 1.165) is 0 Å². The Morgan fingerprint density at radius 2 is 2.14 bits per heavy atom. The van der Waals surface area contributed by atoms with E-state index in [1.165, 1.54) is 20.1 Å². The van der Waals surface area contributed by atoms with Crippen LogP contribution in [0.2, 0.25) is 0 Å². The Kier molecular flexibility index (Phi) is 3.06. The van der Waals surface area contributed by atoms with Gasteiger partial charge in [0.1, 0.15) is 5.76 Å². The van der Waals surface area contributed by atoms with E-state index >= 15 is 0 Å². The third-order valence-corrected chi connectivity index (χ3v) is 1.93. The summed E-state index contributed by atoms with van der Waals surface area (Å²) in [6.07, 6.45) is 2.36. The molecule has 0 aliphatic carbocycles. The average Bonchev–Trinajstić information content (AvgIpc) is 2.15. The van der Waals surface area contributed by atoms with Crippen LogP contribution in [0.4, 0.5) is 0 Å². The number of allylic oxidation sites excluding steroid dienone is 3. The Balaban J connectivity index is 2.81. The molecule has 0 amide bonds. The molecule has 0 bridgehead atoms. The minimum Gasteiger partial charge on any atom is -0.478 e. The Hall–Kier alpha value is -1.58. The zero-order chi connectivity index (χ0) is 10.7. The lowest BCUT2D eigenvalue weighted by molar-refractivity contribution is -0.149. The van der Waals surface area contributed by atoms with Gasteiger partial charge < -0.3 is 9.47 Å². The Morgan fingerprint density at radius 1 is 1.50 bits per heavy atom. The van der Waals surface area contributed by atoms with Gasteiger partial charge in [0.25, 0.3) is 0 Å². The van der Waals surface area contributed by atoms with Crippen LogP contribution in [-0.4, -0.2) is 25.0 Å². The van der Waals surface area contributed by atoms with Crippen molar-refractivity contribution in [3.05, 3.63) is 23.5 Å². The molecular weight excluding hydrogens is 184 g/mol. The standard InChI is InChI=1S/C10H12O4/c1-6(11)8-4-5-9(10(12)13-3)14-7(8)2/h4-5,9H,1-3H3. The molecule has 0 aromatic carbocycles. The fourth-order valence-corrected chi connectivity index (χ4v) is 1.20. The van der Waals surface area contributed by atoms with E-state index in [1.807, 2.05) is 0 Å². The average molecular weight is 196 g/mol. The van der Waals surface area contributed by atoms with Gasteiger partial charge in [0.05, 0.1) is 12.7 Å². The lowest BCUT2D eigenvalue weighted by Gasteiger charge is -2.19. The van der Waals surface area contributed by atoms with Crippen LogP contribution in [0.1, 0.15) is 13.8 Å². The van der Waals surface area contributed by atoms with Gasteiger partial charge in [0.2, 0.25) is 6.10 Å². The van der Waals surface area contributed by atoms with Crippen LogP contribution in [0.5, 0.6) is 0 Å². The lowest BCUT2D eigenvalue weighted by Crippen LogP contribution is -2.25. The van der Waals surface area contributed by atoms with E-state index in [0.29, 0.717) is 11.3 Å². The molecular formula is C10H12O4. The van der Waals surface area contributed by atoms with Crippen molar-refractivity contribution >= 4 is 11.8 Å². The molecule has 0 saturated carbocycles. The predicted octanol–water partition coefficient (Wildman–Crippen LogP) is 0.977. The van der Waals surface area contributed by atoms with Crippen LogP contribution in [0.15, 0.2) is 23.5 Å². The Morgan fingerprint density at radius 3 is 2.57 bits per heavy atom. The van der Waals surface area contributed by atoms with Gasteiger partial charge in [-0.05, 0) is 26.0 Å². The van der Waals surface area contributed by atoms with Gasteiger partial charge in [0, 0.05) is 0 Å². The molecule has 0 N–H and O–H groups in total. The summed E-state index contributed by atoms with van der Waals surface area (Å²) in [6.45, 7) is 3.10. The fraction of sp³-hybridized carbons (Fsp3) is 0.400. The second-order valence-electron chi connectivity index (χ2n) is 2.95. The molecule has 4 nitrogen and oxygen atoms in total. The van der Waals surface area contributed by atoms with Crippen molar-refractivity contribution in [1.82, 2.24) is 0 Å². The van der Waals surface area contributed by atoms with Gasteiger partial charge in [-0.3, -0.25) is 4.79 Å². The molecule has 0 aromatic rings. The molecule has 1 heterocycles. The highest BCUT2D eigenvalue weighted by atomic mass is 16.6. The second-order valence-corrected chi connectivity index (χ2v) is 2.95. The quantitative estimate of drug-likeness (QED) is 0.618. The summed E-state index contributed by atoms with van der Waals surface area (Å²) < 4.78 is 9.72. The largest absolute Gasteiger partial charge is 0.478 e. The number of rotatable bonds is 2. The van der Waals surface area contributed by atoms with Gasteiger partial charge in [-0.25, -0.2) is 4.79 Å². The summed E-state index contributed by atoms with van der Waals surface area (Å²) in [4.78, 5) is 22.1. The van der Waals surface area contributed by atoms with Crippen LogP contribution in [0, 0.1) is 0 Å². The Bertz CT molecular complexity index is 325. The molecule has 1 rings (SSSR count). The fourth-order valence-electron chi connectivity index (χ4n) is 1.20. The summed E-state index contributed by atoms with van der Waals surface area (Å²) in [5.41, 5.74) is 0.491. The predicted molar refractivity (Wildman–Crippen MR) is 49.4 cm³/mol. The number of methoxy groups -OCH3 is 1. The maximum absolute atomic E-state index is 11.1. The molecule has 1 aliphatic rings. The normalized spacial score (nSPS) is 20.4. The van der Waals surface area contributed by atoms with Gasteiger partial charge in [-0.2, -0.15) is 0 Å². The van der Waals surface area contributed by atoms with E-state index < -0.39 is 12.1 Å². The zero-order valence-corrected chi connectivity index (χ0v) is 8.37. The smallest absolute Gasteiger partial charge is 0.351 e. The van der Waals surface area contributed by atoms with Crippen LogP contribution < -0.4 is 0 Å². The van der Waals surface area contributed by atoms with Crippen molar-refractivity contribution in [2.75, 3.05) is 7.11 Å². The third kappa shape index (κ3) is 2.02. The van der Waals surface area contributed by atoms with E-state index in [4.69, 9.17) is 4.74 Å². The van der Waals surface area contributed by atoms with Gasteiger partial charge in [0.15, 0.2) is 5.78 Å². The maximum atomic E-state index is 11.1. The molecule has 0 aromatic heterocycles. The van der Waals surface area contributed by atoms with Crippen LogP contribution in [0.3, 0.4) is 0 Å². The number of carbonyl (C=O) groups is 2. The molecule has 14 heavy (non-hydrogen) atoms. The second kappa shape index (κ2) is 4.09. The lowest BCUT2D eigenvalue weighted by atomic mass is 10.1. The van der Waals surface area contributed by atoms with E-state index in [9.17, 15) is 9.59 Å². The van der Waals surface area contributed by atoms with Crippen LogP contribution in [-0.2, 0) is 19.1 Å². The zero-order valence-electron chi connectivity index (χ0n) is 8.37. The monoisotopic (exact) mass is 196 g/mol. The summed E-state index contributed by atoms with van der Waals surface area (Å²) in [5, 5.41) is 0. The molecule has 1 atom stereocenters. The number of esters is 1. The molecule has 1 aliphatic heterocycles. The van der Waals surface area contributed by atoms with Crippen LogP contribution in [0.25, 0.3) is 0 Å². The minimum atomic E-state index is -0.733. The van der Waals surface area contributed by atoms with E-state index in [-0.39, 0.29) is 5.78 Å². The first-order valence-corrected chi connectivity index (χ1v) is 4.20. The molecule has 0 spiro atoms. The van der Waals surface area contributed by atoms with E-state index in [1.54, 1.807) is 13.0 Å². The third-order valence-electron chi connectivity index (χ3n) is 1.93. The summed E-state index contributed by atoms with van der Waals surface area (Å²) >= 11 is 0. The molecule has 0 radical (unpaired) electrons. The van der Waals surface area contributed by atoms with Crippen molar-refractivity contribution in [1.29, 1.82) is 0 Å². The van der Waals surface area contributed by atoms with Crippen molar-refractivity contribution in [2.45, 2.75) is 20.0 Å². The van der Waals surface area contributed by atoms with E-state index in [2.05, 4.69) is 4.74 Å². The maximum Gasteiger partial charge on any atom is 0.351 e. The first-order valence-electron chi connectivity index (χ1n) is 4.20. The highest BCUT2D eigenvalue weighted by Crippen LogP contribution is 2.18. The minimum absolute atomic E-state index is 0.0814. The van der Waals surface area contributed by atoms with Gasteiger partial charge >= 0.3 is 5.97 Å². The molecule has 4 heteroatoms. The van der Waals surface area contributed by atoms with Crippen molar-refractivity contribution < 1.29 is 19.1 Å². The Labute approximate surface area is 82.2 Å². The summed E-state index contributed by atoms with van der Waals surface area (Å²) in [6, 6.07) is 0. The first-order chi connectivity index (χ1) is 6.56. The number of Topliss-reactive ketones (excluding diaryl/α,β-unsaturated/α-hetero) is 1. The van der Waals surface area contributed by atoms with Crippen LogP contribution >= 0.6 is 0 Å².